The molecule has 0 spiro atoms. The van der Waals surface area contributed by atoms with Crippen molar-refractivity contribution >= 4 is 5.97 Å². The Labute approximate surface area is 66.9 Å². The quantitative estimate of drug-likeness (QED) is 0.619. The van der Waals surface area contributed by atoms with Crippen LogP contribution >= 0.6 is 0 Å². The van der Waals surface area contributed by atoms with E-state index in [1.807, 2.05) is 13.0 Å². The summed E-state index contributed by atoms with van der Waals surface area (Å²) in [7, 11) is 0. The number of allylic oxidation sites excluding steroid dienone is 2. The van der Waals surface area contributed by atoms with Crippen molar-refractivity contribution in [3.05, 3.63) is 12.2 Å². The number of carboxylic acids is 1. The predicted molar refractivity (Wildman–Crippen MR) is 43.4 cm³/mol. The molecule has 0 radical (unpaired) electrons. The lowest BCUT2D eigenvalue weighted by atomic mass is 9.78. The Hall–Kier alpha value is -0.790. The van der Waals surface area contributed by atoms with E-state index in [9.17, 15) is 4.79 Å². The maximum absolute atomic E-state index is 10.4. The van der Waals surface area contributed by atoms with Gasteiger partial charge in [-0.2, -0.15) is 0 Å². The summed E-state index contributed by atoms with van der Waals surface area (Å²) in [6, 6.07) is 0. The number of hydrogen-bond donors (Lipinski definition) is 1. The zero-order chi connectivity index (χ0) is 8.32. The van der Waals surface area contributed by atoms with Crippen LogP contribution in [0, 0.1) is 5.41 Å². The highest BCUT2D eigenvalue weighted by atomic mass is 16.4. The van der Waals surface area contributed by atoms with E-state index in [1.54, 1.807) is 0 Å². The normalized spacial score (nSPS) is 30.3. The molecule has 2 nitrogen and oxygen atoms in total. The lowest BCUT2D eigenvalue weighted by molar-refractivity contribution is -0.139. The van der Waals surface area contributed by atoms with Crippen LogP contribution in [-0.2, 0) is 4.79 Å². The molecule has 0 amide bonds. The lowest BCUT2D eigenvalue weighted by Gasteiger charge is -2.26. The molecule has 0 saturated carbocycles. The Kier molecular flexibility index (Phi) is 2.32. The van der Waals surface area contributed by atoms with Crippen molar-refractivity contribution in [1.82, 2.24) is 0 Å². The maximum atomic E-state index is 10.4. The van der Waals surface area contributed by atoms with Gasteiger partial charge < -0.3 is 5.11 Å². The highest BCUT2D eigenvalue weighted by Crippen LogP contribution is 2.33. The summed E-state index contributed by atoms with van der Waals surface area (Å²) in [5.41, 5.74) is -0.0793. The Morgan fingerprint density at radius 1 is 1.73 bits per heavy atom. The van der Waals surface area contributed by atoms with E-state index in [2.05, 4.69) is 6.08 Å². The smallest absolute Gasteiger partial charge is 0.304 e. The number of rotatable bonds is 2. The van der Waals surface area contributed by atoms with Crippen LogP contribution in [0.15, 0.2) is 12.2 Å². The monoisotopic (exact) mass is 154 g/mol. The summed E-state index contributed by atoms with van der Waals surface area (Å²) in [5.74, 6) is -0.695. The van der Waals surface area contributed by atoms with E-state index >= 15 is 0 Å². The minimum atomic E-state index is -0.695. The molecule has 2 heteroatoms. The topological polar surface area (TPSA) is 37.3 Å². The minimum Gasteiger partial charge on any atom is -0.481 e. The van der Waals surface area contributed by atoms with Crippen molar-refractivity contribution in [2.75, 3.05) is 0 Å². The summed E-state index contributed by atoms with van der Waals surface area (Å²) in [6.07, 6.45) is 7.64. The van der Waals surface area contributed by atoms with Crippen LogP contribution in [0.5, 0.6) is 0 Å². The molecular formula is C9H14O2. The van der Waals surface area contributed by atoms with Gasteiger partial charge in [0.2, 0.25) is 0 Å². The Morgan fingerprint density at radius 3 is 2.91 bits per heavy atom. The third-order valence-corrected chi connectivity index (χ3v) is 2.19. The second-order valence-electron chi connectivity index (χ2n) is 3.52. The first-order valence-electron chi connectivity index (χ1n) is 4.02. The first-order valence-corrected chi connectivity index (χ1v) is 4.02. The van der Waals surface area contributed by atoms with Crippen molar-refractivity contribution in [3.8, 4) is 0 Å². The molecule has 0 heterocycles. The SMILES string of the molecule is C[C@]1(CC(=O)O)C=CCCC1. The average molecular weight is 154 g/mol. The van der Waals surface area contributed by atoms with Gasteiger partial charge in [-0.15, -0.1) is 0 Å². The summed E-state index contributed by atoms with van der Waals surface area (Å²) < 4.78 is 0. The van der Waals surface area contributed by atoms with Gasteiger partial charge in [-0.05, 0) is 24.7 Å². The Balaban J connectivity index is 2.57. The highest BCUT2D eigenvalue weighted by molar-refractivity contribution is 5.68. The molecule has 0 bridgehead atoms. The van der Waals surface area contributed by atoms with Gasteiger partial charge in [0, 0.05) is 0 Å². The Morgan fingerprint density at radius 2 is 2.45 bits per heavy atom. The molecule has 0 aromatic heterocycles. The molecule has 1 atom stereocenters. The standard InChI is InChI=1S/C9H14O2/c1-9(7-8(10)11)5-3-2-4-6-9/h3,5H,2,4,6-7H2,1H3,(H,10,11)/t9-/m0/s1. The van der Waals surface area contributed by atoms with Crippen molar-refractivity contribution < 1.29 is 9.90 Å². The van der Waals surface area contributed by atoms with Crippen LogP contribution in [0.25, 0.3) is 0 Å². The van der Waals surface area contributed by atoms with Gasteiger partial charge in [-0.1, -0.05) is 19.1 Å². The van der Waals surface area contributed by atoms with Gasteiger partial charge >= 0.3 is 5.97 Å². The van der Waals surface area contributed by atoms with Crippen LogP contribution < -0.4 is 0 Å². The van der Waals surface area contributed by atoms with E-state index in [0.29, 0.717) is 0 Å². The molecule has 0 aliphatic heterocycles. The molecule has 62 valence electrons. The zero-order valence-electron chi connectivity index (χ0n) is 6.84. The second kappa shape index (κ2) is 3.07. The number of aliphatic carboxylic acids is 1. The first-order chi connectivity index (χ1) is 5.12. The molecule has 0 aromatic rings. The predicted octanol–water partition coefficient (Wildman–Crippen LogP) is 2.21. The molecule has 1 rings (SSSR count). The fourth-order valence-corrected chi connectivity index (χ4v) is 1.57. The van der Waals surface area contributed by atoms with Crippen LogP contribution in [0.2, 0.25) is 0 Å². The summed E-state index contributed by atoms with van der Waals surface area (Å²) in [4.78, 5) is 10.4. The zero-order valence-corrected chi connectivity index (χ0v) is 6.84. The number of carbonyl (C=O) groups is 1. The third kappa shape index (κ3) is 2.37. The summed E-state index contributed by atoms with van der Waals surface area (Å²) >= 11 is 0. The highest BCUT2D eigenvalue weighted by Gasteiger charge is 2.25. The van der Waals surface area contributed by atoms with Crippen LogP contribution in [0.3, 0.4) is 0 Å². The number of hydrogen-bond acceptors (Lipinski definition) is 1. The van der Waals surface area contributed by atoms with Crippen LogP contribution in [0.4, 0.5) is 0 Å². The molecule has 1 aliphatic carbocycles. The van der Waals surface area contributed by atoms with Gasteiger partial charge in [-0.3, -0.25) is 4.79 Å². The number of carboxylic acid groups (broad SMARTS) is 1. The molecule has 0 saturated heterocycles. The van der Waals surface area contributed by atoms with Gasteiger partial charge in [-0.25, -0.2) is 0 Å². The largest absolute Gasteiger partial charge is 0.481 e. The van der Waals surface area contributed by atoms with Crippen molar-refractivity contribution in [2.24, 2.45) is 5.41 Å². The molecule has 11 heavy (non-hydrogen) atoms. The molecule has 0 unspecified atom stereocenters. The second-order valence-corrected chi connectivity index (χ2v) is 3.52. The maximum Gasteiger partial charge on any atom is 0.304 e. The van der Waals surface area contributed by atoms with Crippen molar-refractivity contribution in [1.29, 1.82) is 0 Å². The Bertz CT molecular complexity index is 184. The summed E-state index contributed by atoms with van der Waals surface area (Å²) in [5, 5.41) is 8.60. The van der Waals surface area contributed by atoms with Gasteiger partial charge in [0.15, 0.2) is 0 Å². The van der Waals surface area contributed by atoms with E-state index in [-0.39, 0.29) is 11.8 Å². The first kappa shape index (κ1) is 8.31. The fourth-order valence-electron chi connectivity index (χ4n) is 1.57. The third-order valence-electron chi connectivity index (χ3n) is 2.19. The van der Waals surface area contributed by atoms with E-state index in [4.69, 9.17) is 5.11 Å². The van der Waals surface area contributed by atoms with Crippen LogP contribution in [-0.4, -0.2) is 11.1 Å². The van der Waals surface area contributed by atoms with E-state index < -0.39 is 5.97 Å². The van der Waals surface area contributed by atoms with Gasteiger partial charge in [0.1, 0.15) is 0 Å². The summed E-state index contributed by atoms with van der Waals surface area (Å²) in [6.45, 7) is 2.01. The van der Waals surface area contributed by atoms with Crippen molar-refractivity contribution in [3.63, 3.8) is 0 Å². The van der Waals surface area contributed by atoms with Gasteiger partial charge in [0.25, 0.3) is 0 Å². The fraction of sp³-hybridized carbons (Fsp3) is 0.667. The lowest BCUT2D eigenvalue weighted by Crippen LogP contribution is -2.19. The molecule has 1 N–H and O–H groups in total. The van der Waals surface area contributed by atoms with Crippen LogP contribution in [0.1, 0.15) is 32.6 Å². The van der Waals surface area contributed by atoms with Crippen molar-refractivity contribution in [2.45, 2.75) is 32.6 Å². The van der Waals surface area contributed by atoms with E-state index in [1.165, 1.54) is 0 Å². The molecule has 0 aromatic carbocycles. The molecular weight excluding hydrogens is 140 g/mol. The molecule has 1 aliphatic rings. The average Bonchev–Trinajstić information content (AvgIpc) is 1.85. The van der Waals surface area contributed by atoms with Gasteiger partial charge in [0.05, 0.1) is 6.42 Å². The van der Waals surface area contributed by atoms with E-state index in [0.717, 1.165) is 19.3 Å². The minimum absolute atomic E-state index is 0.0793. The molecule has 0 fully saturated rings.